The van der Waals surface area contributed by atoms with Crippen molar-refractivity contribution in [1.82, 2.24) is 15.5 Å². The molecule has 2 aliphatic rings. The normalized spacial score (nSPS) is 18.8. The summed E-state index contributed by atoms with van der Waals surface area (Å²) in [6, 6.07) is 6.08. The van der Waals surface area contributed by atoms with Gasteiger partial charge in [0.2, 0.25) is 0 Å². The first-order chi connectivity index (χ1) is 13.2. The molecule has 1 aliphatic heterocycles. The third-order valence-corrected chi connectivity index (χ3v) is 5.63. The van der Waals surface area contributed by atoms with Crippen LogP contribution in [0.2, 0.25) is 0 Å². The molecule has 1 heterocycles. The van der Waals surface area contributed by atoms with E-state index in [0.717, 1.165) is 56.5 Å². The summed E-state index contributed by atoms with van der Waals surface area (Å²) in [5.41, 5.74) is 1.63. The molecule has 0 spiro atoms. The predicted octanol–water partition coefficient (Wildman–Crippen LogP) is 3.58. The van der Waals surface area contributed by atoms with Gasteiger partial charge in [-0.3, -0.25) is 0 Å². The topological polar surface area (TPSA) is 42.9 Å². The van der Waals surface area contributed by atoms with Crippen LogP contribution in [0, 0.1) is 5.82 Å². The van der Waals surface area contributed by atoms with E-state index in [-0.39, 0.29) is 29.8 Å². The number of nitrogens with one attached hydrogen (secondary N) is 2. The number of halogens is 2. The zero-order valence-electron chi connectivity index (χ0n) is 17.2. The summed E-state index contributed by atoms with van der Waals surface area (Å²) in [7, 11) is 0. The molecule has 158 valence electrons. The van der Waals surface area contributed by atoms with E-state index in [1.165, 1.54) is 25.7 Å². The molecule has 0 unspecified atom stereocenters. The minimum atomic E-state index is -0.138. The standard InChI is InChI=1S/C21H34FN5.HI/c1-3-23-21(25-18-7-5-6-8-18)24-16-17-9-10-20(19(22)15-17)27-13-11-26(4-2)12-14-27;/h9-10,15,18H,3-8,11-14,16H2,1-2H3,(H2,23,24,25);1H. The zero-order chi connectivity index (χ0) is 19.1. The summed E-state index contributed by atoms with van der Waals surface area (Å²) >= 11 is 0. The third-order valence-electron chi connectivity index (χ3n) is 5.63. The van der Waals surface area contributed by atoms with Crippen LogP contribution in [0.15, 0.2) is 23.2 Å². The molecule has 0 atom stereocenters. The van der Waals surface area contributed by atoms with Gasteiger partial charge < -0.3 is 20.4 Å². The quantitative estimate of drug-likeness (QED) is 0.354. The molecule has 0 radical (unpaired) electrons. The summed E-state index contributed by atoms with van der Waals surface area (Å²) in [6.07, 6.45) is 4.99. The van der Waals surface area contributed by atoms with Crippen molar-refractivity contribution in [3.8, 4) is 0 Å². The smallest absolute Gasteiger partial charge is 0.191 e. The molecule has 3 rings (SSSR count). The van der Waals surface area contributed by atoms with E-state index >= 15 is 0 Å². The SMILES string of the molecule is CCNC(=NCc1ccc(N2CCN(CC)CC2)c(F)c1)NC1CCCC1.I. The van der Waals surface area contributed by atoms with Crippen LogP contribution < -0.4 is 15.5 Å². The van der Waals surface area contributed by atoms with Gasteiger partial charge in [0.1, 0.15) is 5.82 Å². The highest BCUT2D eigenvalue weighted by molar-refractivity contribution is 14.0. The van der Waals surface area contributed by atoms with Gasteiger partial charge in [-0.1, -0.05) is 25.8 Å². The molecule has 2 N–H and O–H groups in total. The van der Waals surface area contributed by atoms with Gasteiger partial charge in [-0.25, -0.2) is 9.38 Å². The van der Waals surface area contributed by atoms with Crippen LogP contribution in [0.3, 0.4) is 0 Å². The molecule has 0 amide bonds. The number of guanidine groups is 1. The van der Waals surface area contributed by atoms with Gasteiger partial charge in [0.05, 0.1) is 12.2 Å². The largest absolute Gasteiger partial charge is 0.367 e. The lowest BCUT2D eigenvalue weighted by Crippen LogP contribution is -2.46. The van der Waals surface area contributed by atoms with Crippen molar-refractivity contribution in [1.29, 1.82) is 0 Å². The number of likely N-dealkylation sites (N-methyl/N-ethyl adjacent to an activating group) is 1. The van der Waals surface area contributed by atoms with Crippen LogP contribution in [0.1, 0.15) is 45.1 Å². The van der Waals surface area contributed by atoms with Crippen molar-refractivity contribution in [3.05, 3.63) is 29.6 Å². The Bertz CT molecular complexity index is 625. The molecule has 1 saturated carbocycles. The third kappa shape index (κ3) is 6.47. The maximum Gasteiger partial charge on any atom is 0.191 e. The Morgan fingerprint density at radius 1 is 1.14 bits per heavy atom. The van der Waals surface area contributed by atoms with Gasteiger partial charge in [0.25, 0.3) is 0 Å². The van der Waals surface area contributed by atoms with Gasteiger partial charge in [-0.05, 0) is 44.0 Å². The number of piperazine rings is 1. The first-order valence-corrected chi connectivity index (χ1v) is 10.5. The van der Waals surface area contributed by atoms with Crippen molar-refractivity contribution in [2.45, 2.75) is 52.1 Å². The summed E-state index contributed by atoms with van der Waals surface area (Å²) in [6.45, 7) is 10.4. The van der Waals surface area contributed by atoms with E-state index in [2.05, 4.69) is 39.3 Å². The molecule has 2 fully saturated rings. The molecule has 0 aromatic heterocycles. The van der Waals surface area contributed by atoms with E-state index in [4.69, 9.17) is 0 Å². The molecular weight excluding hydrogens is 468 g/mol. The highest BCUT2D eigenvalue weighted by Gasteiger charge is 2.19. The molecule has 1 aromatic carbocycles. The summed E-state index contributed by atoms with van der Waals surface area (Å²) in [5, 5.41) is 6.81. The van der Waals surface area contributed by atoms with Gasteiger partial charge in [-0.2, -0.15) is 0 Å². The van der Waals surface area contributed by atoms with Crippen molar-refractivity contribution in [3.63, 3.8) is 0 Å². The number of anilines is 1. The molecule has 1 aliphatic carbocycles. The Hall–Kier alpha value is -1.09. The number of rotatable bonds is 6. The summed E-state index contributed by atoms with van der Waals surface area (Å²) in [4.78, 5) is 9.21. The van der Waals surface area contributed by atoms with E-state index < -0.39 is 0 Å². The second-order valence-corrected chi connectivity index (χ2v) is 7.53. The summed E-state index contributed by atoms with van der Waals surface area (Å²) in [5.74, 6) is 0.700. The van der Waals surface area contributed by atoms with Crippen LogP contribution >= 0.6 is 24.0 Å². The number of hydrogen-bond donors (Lipinski definition) is 2. The molecule has 7 heteroatoms. The highest BCUT2D eigenvalue weighted by Crippen LogP contribution is 2.22. The van der Waals surface area contributed by atoms with E-state index in [9.17, 15) is 4.39 Å². The monoisotopic (exact) mass is 503 g/mol. The maximum atomic E-state index is 14.7. The fourth-order valence-corrected chi connectivity index (χ4v) is 3.96. The Morgan fingerprint density at radius 3 is 2.46 bits per heavy atom. The molecule has 5 nitrogen and oxygen atoms in total. The number of nitrogens with zero attached hydrogens (tertiary/aromatic N) is 3. The van der Waals surface area contributed by atoms with Crippen LogP contribution in [-0.4, -0.2) is 56.2 Å². The van der Waals surface area contributed by atoms with E-state index in [0.29, 0.717) is 12.6 Å². The Labute approximate surface area is 186 Å². The van der Waals surface area contributed by atoms with Gasteiger partial charge in [-0.15, -0.1) is 24.0 Å². The van der Waals surface area contributed by atoms with Crippen LogP contribution in [-0.2, 0) is 6.54 Å². The lowest BCUT2D eigenvalue weighted by atomic mass is 10.1. The predicted molar refractivity (Wildman–Crippen MR) is 126 cm³/mol. The lowest BCUT2D eigenvalue weighted by Gasteiger charge is -2.35. The van der Waals surface area contributed by atoms with Crippen LogP contribution in [0.25, 0.3) is 0 Å². The number of aliphatic imine (C=N–C) groups is 1. The molecular formula is C21H35FIN5. The average Bonchev–Trinajstić information content (AvgIpc) is 3.20. The molecule has 28 heavy (non-hydrogen) atoms. The second-order valence-electron chi connectivity index (χ2n) is 7.53. The fourth-order valence-electron chi connectivity index (χ4n) is 3.96. The minimum Gasteiger partial charge on any atom is -0.367 e. The Balaban J connectivity index is 0.00000280. The van der Waals surface area contributed by atoms with Gasteiger partial charge >= 0.3 is 0 Å². The van der Waals surface area contributed by atoms with Gasteiger partial charge in [0.15, 0.2) is 5.96 Å². The summed E-state index contributed by atoms with van der Waals surface area (Å²) < 4.78 is 14.7. The average molecular weight is 503 g/mol. The first-order valence-electron chi connectivity index (χ1n) is 10.5. The van der Waals surface area contributed by atoms with Crippen molar-refractivity contribution in [2.24, 2.45) is 4.99 Å². The second kappa shape index (κ2) is 11.8. The number of benzene rings is 1. The Kier molecular flexibility index (Phi) is 9.77. The van der Waals surface area contributed by atoms with E-state index in [1.54, 1.807) is 6.07 Å². The molecule has 1 saturated heterocycles. The maximum absolute atomic E-state index is 14.7. The zero-order valence-corrected chi connectivity index (χ0v) is 19.5. The number of hydrogen-bond acceptors (Lipinski definition) is 3. The lowest BCUT2D eigenvalue weighted by molar-refractivity contribution is 0.270. The van der Waals surface area contributed by atoms with Crippen molar-refractivity contribution < 1.29 is 4.39 Å². The first kappa shape index (κ1) is 23.2. The molecule has 0 bridgehead atoms. The van der Waals surface area contributed by atoms with Crippen LogP contribution in [0.4, 0.5) is 10.1 Å². The van der Waals surface area contributed by atoms with E-state index in [1.807, 2.05) is 12.1 Å². The van der Waals surface area contributed by atoms with Crippen molar-refractivity contribution in [2.75, 3.05) is 44.2 Å². The minimum absolute atomic E-state index is 0. The van der Waals surface area contributed by atoms with Crippen LogP contribution in [0.5, 0.6) is 0 Å². The van der Waals surface area contributed by atoms with Crippen molar-refractivity contribution >= 4 is 35.6 Å². The highest BCUT2D eigenvalue weighted by atomic mass is 127. The molecule has 1 aromatic rings. The Morgan fingerprint density at radius 2 is 1.86 bits per heavy atom. The van der Waals surface area contributed by atoms with Gasteiger partial charge in [0, 0.05) is 38.8 Å². The fraction of sp³-hybridized carbons (Fsp3) is 0.667.